The fourth-order valence-corrected chi connectivity index (χ4v) is 2.80. The third-order valence-corrected chi connectivity index (χ3v) is 4.65. The van der Waals surface area contributed by atoms with Crippen molar-refractivity contribution >= 4 is 23.5 Å². The van der Waals surface area contributed by atoms with E-state index in [4.69, 9.17) is 14.2 Å². The van der Waals surface area contributed by atoms with Crippen LogP contribution in [-0.2, 0) is 14.3 Å². The summed E-state index contributed by atoms with van der Waals surface area (Å²) in [7, 11) is 3.09. The summed E-state index contributed by atoms with van der Waals surface area (Å²) in [5.41, 5.74) is 0.861. The van der Waals surface area contributed by atoms with E-state index in [1.54, 1.807) is 78.3 Å². The molecule has 0 fully saturated rings. The quantitative estimate of drug-likeness (QED) is 0.604. The number of hydrogen-bond donors (Lipinski definition) is 2. The Hall–Kier alpha value is -3.55. The van der Waals surface area contributed by atoms with E-state index < -0.39 is 29.9 Å². The monoisotopic (exact) mass is 442 g/mol. The van der Waals surface area contributed by atoms with Gasteiger partial charge >= 0.3 is 5.97 Å². The van der Waals surface area contributed by atoms with E-state index in [0.29, 0.717) is 17.2 Å². The van der Waals surface area contributed by atoms with Crippen LogP contribution in [0, 0.1) is 5.41 Å². The number of methoxy groups -OCH3 is 2. The van der Waals surface area contributed by atoms with Gasteiger partial charge in [0.05, 0.1) is 25.8 Å². The highest BCUT2D eigenvalue weighted by molar-refractivity contribution is 5.97. The molecule has 0 saturated heterocycles. The Kier molecular flexibility index (Phi) is 8.23. The molecule has 2 aromatic carbocycles. The van der Waals surface area contributed by atoms with Crippen molar-refractivity contribution < 1.29 is 28.6 Å². The maximum atomic E-state index is 12.4. The van der Waals surface area contributed by atoms with Crippen LogP contribution in [0.4, 0.5) is 5.69 Å². The molecule has 1 unspecified atom stereocenters. The Morgan fingerprint density at radius 3 is 2.34 bits per heavy atom. The largest absolute Gasteiger partial charge is 0.497 e. The summed E-state index contributed by atoms with van der Waals surface area (Å²) in [6.45, 7) is 6.72. The number of amides is 2. The Balaban J connectivity index is 1.97. The average molecular weight is 443 g/mol. The number of ether oxygens (including phenoxy) is 3. The minimum absolute atomic E-state index is 0.177. The zero-order valence-corrected chi connectivity index (χ0v) is 19.3. The fourth-order valence-electron chi connectivity index (χ4n) is 2.80. The average Bonchev–Trinajstić information content (AvgIpc) is 2.76. The summed E-state index contributed by atoms with van der Waals surface area (Å²) in [4.78, 5) is 36.8. The summed E-state index contributed by atoms with van der Waals surface area (Å²) in [5, 5.41) is 5.53. The molecule has 0 bridgehead atoms. The maximum Gasteiger partial charge on any atom is 0.338 e. The van der Waals surface area contributed by atoms with Gasteiger partial charge in [0.25, 0.3) is 5.91 Å². The normalized spacial score (nSPS) is 11.8. The van der Waals surface area contributed by atoms with Gasteiger partial charge < -0.3 is 24.8 Å². The van der Waals surface area contributed by atoms with E-state index in [0.717, 1.165) is 5.56 Å². The number of benzene rings is 2. The molecule has 0 radical (unpaired) electrons. The molecule has 0 aliphatic rings. The van der Waals surface area contributed by atoms with Gasteiger partial charge in [0.15, 0.2) is 6.61 Å². The topological polar surface area (TPSA) is 103 Å². The first-order valence-corrected chi connectivity index (χ1v) is 10.1. The van der Waals surface area contributed by atoms with Crippen LogP contribution in [0.25, 0.3) is 0 Å². The van der Waals surface area contributed by atoms with Gasteiger partial charge in [0, 0.05) is 16.7 Å². The van der Waals surface area contributed by atoms with Crippen molar-refractivity contribution in [2.75, 3.05) is 26.1 Å². The number of hydrogen-bond acceptors (Lipinski definition) is 6. The molecule has 1 atom stereocenters. The van der Waals surface area contributed by atoms with Crippen LogP contribution in [0.1, 0.15) is 49.7 Å². The Bertz CT molecular complexity index is 981. The molecule has 2 rings (SSSR count). The van der Waals surface area contributed by atoms with E-state index in [-0.39, 0.29) is 11.5 Å². The minimum Gasteiger partial charge on any atom is -0.497 e. The van der Waals surface area contributed by atoms with Crippen LogP contribution in [0.2, 0.25) is 0 Å². The van der Waals surface area contributed by atoms with Crippen LogP contribution in [-0.4, -0.2) is 38.6 Å². The van der Waals surface area contributed by atoms with E-state index in [9.17, 15) is 14.4 Å². The fraction of sp³-hybridized carbons (Fsp3) is 0.375. The van der Waals surface area contributed by atoms with E-state index in [1.165, 1.54) is 6.07 Å². The summed E-state index contributed by atoms with van der Waals surface area (Å²) in [5.74, 6) is -0.0765. The zero-order chi connectivity index (χ0) is 23.9. The number of carbonyl (C=O) groups is 3. The van der Waals surface area contributed by atoms with Crippen molar-refractivity contribution in [1.82, 2.24) is 5.32 Å². The zero-order valence-electron chi connectivity index (χ0n) is 19.3. The highest BCUT2D eigenvalue weighted by Gasteiger charge is 2.22. The highest BCUT2D eigenvalue weighted by Crippen LogP contribution is 2.29. The highest BCUT2D eigenvalue weighted by atomic mass is 16.5. The van der Waals surface area contributed by atoms with Crippen LogP contribution in [0.5, 0.6) is 11.5 Å². The molecule has 8 heteroatoms. The molecule has 0 aromatic heterocycles. The summed E-state index contributed by atoms with van der Waals surface area (Å²) < 4.78 is 15.7. The molecule has 32 heavy (non-hydrogen) atoms. The van der Waals surface area contributed by atoms with E-state index in [1.807, 2.05) is 0 Å². The van der Waals surface area contributed by atoms with Gasteiger partial charge in [-0.1, -0.05) is 26.8 Å². The Morgan fingerprint density at radius 1 is 1.00 bits per heavy atom. The molecule has 2 N–H and O–H groups in total. The van der Waals surface area contributed by atoms with E-state index in [2.05, 4.69) is 10.6 Å². The minimum atomic E-state index is -0.668. The first kappa shape index (κ1) is 24.7. The lowest BCUT2D eigenvalue weighted by atomic mass is 9.95. The predicted octanol–water partition coefficient (Wildman–Crippen LogP) is 3.72. The molecule has 0 aliphatic heterocycles. The number of nitrogens with one attached hydrogen (secondary N) is 2. The first-order valence-electron chi connectivity index (χ1n) is 10.1. The third kappa shape index (κ3) is 6.73. The third-order valence-electron chi connectivity index (χ3n) is 4.65. The van der Waals surface area contributed by atoms with Crippen LogP contribution in [0.15, 0.2) is 42.5 Å². The standard InChI is InChI=1S/C24H30N2O6/c1-15(19-13-18(30-5)10-11-20(19)31-6)25-21(27)14-32-22(28)16-8-7-9-17(12-16)26-23(29)24(2,3)4/h7-13,15H,14H2,1-6H3,(H,25,27)(H,26,29). The van der Waals surface area contributed by atoms with Crippen molar-refractivity contribution in [1.29, 1.82) is 0 Å². The van der Waals surface area contributed by atoms with Gasteiger partial charge in [-0.25, -0.2) is 4.79 Å². The van der Waals surface area contributed by atoms with Crippen molar-refractivity contribution in [2.45, 2.75) is 33.7 Å². The van der Waals surface area contributed by atoms with Gasteiger partial charge in [-0.15, -0.1) is 0 Å². The van der Waals surface area contributed by atoms with Crippen LogP contribution < -0.4 is 20.1 Å². The van der Waals surface area contributed by atoms with Crippen molar-refractivity contribution in [3.05, 3.63) is 53.6 Å². The lowest BCUT2D eigenvalue weighted by Gasteiger charge is -2.18. The van der Waals surface area contributed by atoms with Gasteiger partial charge in [-0.2, -0.15) is 0 Å². The second-order valence-corrected chi connectivity index (χ2v) is 8.26. The molecule has 2 aromatic rings. The molecular weight excluding hydrogens is 412 g/mol. The Morgan fingerprint density at radius 2 is 1.72 bits per heavy atom. The number of anilines is 1. The SMILES string of the molecule is COc1ccc(OC)c(C(C)NC(=O)COC(=O)c2cccc(NC(=O)C(C)(C)C)c2)c1. The second kappa shape index (κ2) is 10.7. The molecular formula is C24H30N2O6. The summed E-state index contributed by atoms with van der Waals surface area (Å²) >= 11 is 0. The van der Waals surface area contributed by atoms with Gasteiger partial charge in [0.1, 0.15) is 11.5 Å². The number of esters is 1. The van der Waals surface area contributed by atoms with Gasteiger partial charge in [0.2, 0.25) is 5.91 Å². The lowest BCUT2D eigenvalue weighted by molar-refractivity contribution is -0.125. The smallest absolute Gasteiger partial charge is 0.338 e. The van der Waals surface area contributed by atoms with E-state index >= 15 is 0 Å². The Labute approximate surface area is 188 Å². The van der Waals surface area contributed by atoms with Gasteiger partial charge in [-0.05, 0) is 43.3 Å². The molecule has 0 heterocycles. The number of rotatable bonds is 8. The molecule has 0 spiro atoms. The van der Waals surface area contributed by atoms with Crippen LogP contribution >= 0.6 is 0 Å². The summed E-state index contributed by atoms with van der Waals surface area (Å²) in [6.07, 6.45) is 0. The second-order valence-electron chi connectivity index (χ2n) is 8.26. The van der Waals surface area contributed by atoms with Gasteiger partial charge in [-0.3, -0.25) is 9.59 Å². The first-order chi connectivity index (χ1) is 15.0. The molecule has 0 aliphatic carbocycles. The van der Waals surface area contributed by atoms with Crippen molar-refractivity contribution in [2.24, 2.45) is 5.41 Å². The molecule has 172 valence electrons. The molecule has 8 nitrogen and oxygen atoms in total. The molecule has 0 saturated carbocycles. The van der Waals surface area contributed by atoms with Crippen molar-refractivity contribution in [3.8, 4) is 11.5 Å². The lowest BCUT2D eigenvalue weighted by Crippen LogP contribution is -2.31. The van der Waals surface area contributed by atoms with Crippen molar-refractivity contribution in [3.63, 3.8) is 0 Å². The maximum absolute atomic E-state index is 12.4. The molecule has 2 amide bonds. The summed E-state index contributed by atoms with van der Waals surface area (Å²) in [6, 6.07) is 11.3. The number of carbonyl (C=O) groups excluding carboxylic acids is 3. The van der Waals surface area contributed by atoms with Crippen LogP contribution in [0.3, 0.4) is 0 Å². The predicted molar refractivity (Wildman–Crippen MR) is 121 cm³/mol.